The van der Waals surface area contributed by atoms with E-state index in [-0.39, 0.29) is 12.4 Å². The van der Waals surface area contributed by atoms with Crippen LogP contribution in [0, 0.1) is 0 Å². The van der Waals surface area contributed by atoms with Crippen molar-refractivity contribution < 1.29 is 0 Å². The molecule has 0 bridgehead atoms. The van der Waals surface area contributed by atoms with Crippen LogP contribution in [0.3, 0.4) is 0 Å². The third kappa shape index (κ3) is 4.21. The molecule has 0 spiro atoms. The summed E-state index contributed by atoms with van der Waals surface area (Å²) in [4.78, 5) is 2.54. The summed E-state index contributed by atoms with van der Waals surface area (Å²) < 4.78 is 0. The second-order valence-electron chi connectivity index (χ2n) is 6.27. The zero-order chi connectivity index (χ0) is 13.1. The van der Waals surface area contributed by atoms with Crippen molar-refractivity contribution in [1.82, 2.24) is 10.2 Å². The Bertz CT molecular complexity index is 392. The van der Waals surface area contributed by atoms with E-state index in [9.17, 15) is 0 Å². The predicted octanol–water partition coefficient (Wildman–Crippen LogP) is 3.56. The van der Waals surface area contributed by atoms with Gasteiger partial charge in [0.15, 0.2) is 0 Å². The Labute approximate surface area is 129 Å². The maximum Gasteiger partial charge on any atom is 0.0233 e. The van der Waals surface area contributed by atoms with E-state index in [1.165, 1.54) is 50.8 Å². The fourth-order valence-corrected chi connectivity index (χ4v) is 3.17. The zero-order valence-corrected chi connectivity index (χ0v) is 13.3. The highest BCUT2D eigenvalue weighted by Gasteiger charge is 2.23. The highest BCUT2D eigenvalue weighted by Crippen LogP contribution is 2.39. The van der Waals surface area contributed by atoms with Gasteiger partial charge in [0.25, 0.3) is 0 Å². The van der Waals surface area contributed by atoms with Crippen LogP contribution in [-0.4, -0.2) is 31.1 Å². The van der Waals surface area contributed by atoms with Crippen LogP contribution in [0.5, 0.6) is 0 Å². The van der Waals surface area contributed by atoms with E-state index in [4.69, 9.17) is 0 Å². The van der Waals surface area contributed by atoms with Gasteiger partial charge >= 0.3 is 0 Å². The lowest BCUT2D eigenvalue weighted by molar-refractivity contribution is 0.216. The maximum atomic E-state index is 3.50. The summed E-state index contributed by atoms with van der Waals surface area (Å²) >= 11 is 0. The molecule has 0 radical (unpaired) electrons. The van der Waals surface area contributed by atoms with E-state index in [1.54, 1.807) is 5.56 Å². The third-order valence-electron chi connectivity index (χ3n) is 4.63. The fraction of sp³-hybridized carbons (Fsp3) is 0.647. The third-order valence-corrected chi connectivity index (χ3v) is 4.63. The molecule has 1 aromatic rings. The van der Waals surface area contributed by atoms with E-state index < -0.39 is 0 Å². The first-order valence-corrected chi connectivity index (χ1v) is 7.83. The topological polar surface area (TPSA) is 15.3 Å². The first kappa shape index (κ1) is 15.8. The Morgan fingerprint density at radius 2 is 1.80 bits per heavy atom. The molecule has 2 fully saturated rings. The second-order valence-corrected chi connectivity index (χ2v) is 6.27. The van der Waals surface area contributed by atoms with Crippen molar-refractivity contribution >= 4 is 12.4 Å². The monoisotopic (exact) mass is 294 g/mol. The molecule has 1 aliphatic carbocycles. The summed E-state index contributed by atoms with van der Waals surface area (Å²) in [6.45, 7) is 3.46. The number of hydrogen-bond acceptors (Lipinski definition) is 2. The minimum atomic E-state index is 0. The van der Waals surface area contributed by atoms with Crippen LogP contribution < -0.4 is 5.32 Å². The van der Waals surface area contributed by atoms with E-state index in [0.29, 0.717) is 0 Å². The van der Waals surface area contributed by atoms with Gasteiger partial charge in [0.1, 0.15) is 0 Å². The van der Waals surface area contributed by atoms with E-state index >= 15 is 0 Å². The van der Waals surface area contributed by atoms with Gasteiger partial charge in [-0.25, -0.2) is 0 Å². The average molecular weight is 295 g/mol. The molecule has 112 valence electrons. The molecule has 1 saturated carbocycles. The number of benzene rings is 1. The minimum Gasteiger partial charge on any atom is -0.317 e. The van der Waals surface area contributed by atoms with Gasteiger partial charge in [0, 0.05) is 12.6 Å². The van der Waals surface area contributed by atoms with Crippen LogP contribution in [0.25, 0.3) is 0 Å². The molecular weight excluding hydrogens is 268 g/mol. The van der Waals surface area contributed by atoms with Crippen molar-refractivity contribution in [1.29, 1.82) is 0 Å². The van der Waals surface area contributed by atoms with Crippen LogP contribution in [0.1, 0.15) is 49.1 Å². The predicted molar refractivity (Wildman–Crippen MR) is 87.6 cm³/mol. The minimum absolute atomic E-state index is 0. The van der Waals surface area contributed by atoms with Gasteiger partial charge in [-0.2, -0.15) is 0 Å². The Kier molecular flexibility index (Phi) is 5.88. The van der Waals surface area contributed by atoms with Crippen LogP contribution in [0.2, 0.25) is 0 Å². The summed E-state index contributed by atoms with van der Waals surface area (Å²) in [5, 5.41) is 3.50. The molecule has 0 amide bonds. The molecule has 1 saturated heterocycles. The molecule has 20 heavy (non-hydrogen) atoms. The number of nitrogens with one attached hydrogen (secondary N) is 1. The van der Waals surface area contributed by atoms with Crippen LogP contribution in [0.4, 0.5) is 0 Å². The van der Waals surface area contributed by atoms with Gasteiger partial charge in [-0.15, -0.1) is 12.4 Å². The van der Waals surface area contributed by atoms with Gasteiger partial charge in [-0.1, -0.05) is 24.3 Å². The lowest BCUT2D eigenvalue weighted by Gasteiger charge is -2.27. The molecule has 3 rings (SSSR count). The molecule has 0 aromatic heterocycles. The van der Waals surface area contributed by atoms with Gasteiger partial charge in [-0.05, 0) is 69.3 Å². The van der Waals surface area contributed by atoms with Crippen molar-refractivity contribution in [2.24, 2.45) is 0 Å². The highest BCUT2D eigenvalue weighted by atomic mass is 35.5. The van der Waals surface area contributed by atoms with Crippen LogP contribution >= 0.6 is 12.4 Å². The smallest absolute Gasteiger partial charge is 0.0233 e. The molecule has 1 unspecified atom stereocenters. The highest BCUT2D eigenvalue weighted by molar-refractivity contribution is 5.85. The molecule has 1 heterocycles. The Balaban J connectivity index is 0.00000147. The molecular formula is C17H27ClN2. The maximum absolute atomic E-state index is 3.50. The van der Waals surface area contributed by atoms with Crippen molar-refractivity contribution in [3.05, 3.63) is 35.4 Å². The molecule has 1 atom stereocenters. The fourth-order valence-electron chi connectivity index (χ4n) is 3.17. The molecule has 1 N–H and O–H groups in total. The average Bonchev–Trinajstić information content (AvgIpc) is 3.26. The van der Waals surface area contributed by atoms with Crippen LogP contribution in [-0.2, 0) is 6.54 Å². The summed E-state index contributed by atoms with van der Waals surface area (Å²) in [5.41, 5.74) is 3.01. The van der Waals surface area contributed by atoms with Crippen molar-refractivity contribution in [3.8, 4) is 0 Å². The zero-order valence-electron chi connectivity index (χ0n) is 12.5. The molecule has 3 heteroatoms. The first-order valence-electron chi connectivity index (χ1n) is 7.83. The Hall–Kier alpha value is -0.570. The second kappa shape index (κ2) is 7.44. The molecule has 1 aliphatic heterocycles. The first-order chi connectivity index (χ1) is 9.33. The van der Waals surface area contributed by atoms with E-state index in [2.05, 4.69) is 41.5 Å². The SMILES string of the molecule is CN(Cc1ccc(C2CC2)cc1)C1CCCNCC1.Cl. The van der Waals surface area contributed by atoms with Gasteiger partial charge in [0.05, 0.1) is 0 Å². The summed E-state index contributed by atoms with van der Waals surface area (Å²) in [6, 6.07) is 10.1. The quantitative estimate of drug-likeness (QED) is 0.913. The number of rotatable bonds is 4. The Morgan fingerprint density at radius 3 is 2.50 bits per heavy atom. The lowest BCUT2D eigenvalue weighted by atomic mass is 10.1. The summed E-state index contributed by atoms with van der Waals surface area (Å²) in [5.74, 6) is 0.875. The molecule has 2 aliphatic rings. The van der Waals surface area contributed by atoms with Crippen molar-refractivity contribution in [2.75, 3.05) is 20.1 Å². The standard InChI is InChI=1S/C17H26N2.ClH/c1-19(17-3-2-11-18-12-10-17)13-14-4-6-15(7-5-14)16-8-9-16;/h4-7,16-18H,2-3,8-13H2,1H3;1H. The molecule has 2 nitrogen and oxygen atoms in total. The lowest BCUT2D eigenvalue weighted by Crippen LogP contribution is -2.31. The van der Waals surface area contributed by atoms with Gasteiger partial charge in [0.2, 0.25) is 0 Å². The summed E-state index contributed by atoms with van der Waals surface area (Å²) in [6.07, 6.45) is 6.73. The summed E-state index contributed by atoms with van der Waals surface area (Å²) in [7, 11) is 2.28. The normalized spacial score (nSPS) is 23.2. The van der Waals surface area contributed by atoms with Gasteiger partial charge < -0.3 is 5.32 Å². The van der Waals surface area contributed by atoms with E-state index in [1.807, 2.05) is 0 Å². The van der Waals surface area contributed by atoms with E-state index in [0.717, 1.165) is 18.5 Å². The Morgan fingerprint density at radius 1 is 1.05 bits per heavy atom. The van der Waals surface area contributed by atoms with Gasteiger partial charge in [-0.3, -0.25) is 4.90 Å². The van der Waals surface area contributed by atoms with Crippen LogP contribution in [0.15, 0.2) is 24.3 Å². The largest absolute Gasteiger partial charge is 0.317 e. The number of nitrogens with zero attached hydrogens (tertiary/aromatic N) is 1. The van der Waals surface area contributed by atoms with Crippen molar-refractivity contribution in [3.63, 3.8) is 0 Å². The van der Waals surface area contributed by atoms with Crippen molar-refractivity contribution in [2.45, 2.75) is 50.6 Å². The molecule has 1 aromatic carbocycles. The number of hydrogen-bond donors (Lipinski definition) is 1. The number of halogens is 1.